The summed E-state index contributed by atoms with van der Waals surface area (Å²) in [5.74, 6) is -1.08. The first-order chi connectivity index (χ1) is 11.5. The Bertz CT molecular complexity index is 731. The van der Waals surface area contributed by atoms with E-state index in [0.717, 1.165) is 0 Å². The van der Waals surface area contributed by atoms with Crippen molar-refractivity contribution in [3.63, 3.8) is 0 Å². The largest absolute Gasteiger partial charge is 0.733 e. The molecular formula is C14H14N3O5S2-. The van der Waals surface area contributed by atoms with E-state index in [4.69, 9.17) is 9.94 Å². The molecule has 0 unspecified atom stereocenters. The van der Waals surface area contributed by atoms with Gasteiger partial charge in [-0.15, -0.1) is 0 Å². The molecule has 1 aromatic carbocycles. The van der Waals surface area contributed by atoms with Crippen LogP contribution in [-0.4, -0.2) is 34.9 Å². The summed E-state index contributed by atoms with van der Waals surface area (Å²) in [5, 5.41) is 22.1. The number of carbonyl (C=O) groups is 2. The molecule has 2 N–H and O–H groups in total. The van der Waals surface area contributed by atoms with Crippen LogP contribution in [0.15, 0.2) is 28.6 Å². The van der Waals surface area contributed by atoms with Gasteiger partial charge in [-0.3, -0.25) is 10.0 Å². The maximum absolute atomic E-state index is 12.3. The van der Waals surface area contributed by atoms with Crippen LogP contribution < -0.4 is 10.5 Å². The molecule has 0 aliphatic carbocycles. The van der Waals surface area contributed by atoms with Crippen LogP contribution in [0.5, 0.6) is 0 Å². The van der Waals surface area contributed by atoms with Crippen LogP contribution in [0, 0.1) is 5.21 Å². The summed E-state index contributed by atoms with van der Waals surface area (Å²) in [7, 11) is 0. The van der Waals surface area contributed by atoms with Crippen molar-refractivity contribution in [3.8, 4) is 0 Å². The molecule has 24 heavy (non-hydrogen) atoms. The Balaban J connectivity index is 2.21. The van der Waals surface area contributed by atoms with Gasteiger partial charge in [0.05, 0.1) is 12.3 Å². The summed E-state index contributed by atoms with van der Waals surface area (Å²) in [6, 6.07) is 5.36. The van der Waals surface area contributed by atoms with E-state index in [0.29, 0.717) is 9.34 Å². The van der Waals surface area contributed by atoms with Crippen LogP contribution >= 0.6 is 23.1 Å². The van der Waals surface area contributed by atoms with Crippen molar-refractivity contribution in [1.29, 1.82) is 0 Å². The van der Waals surface area contributed by atoms with Gasteiger partial charge in [0.2, 0.25) is 0 Å². The van der Waals surface area contributed by atoms with Crippen LogP contribution in [0.4, 0.5) is 10.7 Å². The van der Waals surface area contributed by atoms with Crippen LogP contribution in [0.25, 0.3) is 0 Å². The van der Waals surface area contributed by atoms with E-state index < -0.39 is 11.9 Å². The number of carbonyl (C=O) groups excluding carboxylic acids is 2. The highest BCUT2D eigenvalue weighted by Crippen LogP contribution is 2.31. The molecule has 0 atom stereocenters. The van der Waals surface area contributed by atoms with E-state index in [1.165, 1.54) is 47.4 Å². The molecule has 128 valence electrons. The van der Waals surface area contributed by atoms with Gasteiger partial charge in [0, 0.05) is 5.56 Å². The van der Waals surface area contributed by atoms with E-state index >= 15 is 0 Å². The van der Waals surface area contributed by atoms with Gasteiger partial charge >= 0.3 is 5.97 Å². The third-order valence-corrected chi connectivity index (χ3v) is 4.78. The Morgan fingerprint density at radius 2 is 2.08 bits per heavy atom. The maximum atomic E-state index is 12.3. The zero-order valence-electron chi connectivity index (χ0n) is 12.8. The summed E-state index contributed by atoms with van der Waals surface area (Å²) in [4.78, 5) is 28.3. The van der Waals surface area contributed by atoms with E-state index in [-0.39, 0.29) is 28.8 Å². The second-order valence-corrected chi connectivity index (χ2v) is 6.41. The molecule has 1 heterocycles. The van der Waals surface area contributed by atoms with Crippen molar-refractivity contribution in [2.75, 3.05) is 23.4 Å². The second kappa shape index (κ2) is 8.11. The van der Waals surface area contributed by atoms with E-state index in [9.17, 15) is 14.8 Å². The molecule has 0 aliphatic rings. The molecule has 2 rings (SSSR count). The zero-order chi connectivity index (χ0) is 17.7. The number of hydrogen-bond acceptors (Lipinski definition) is 9. The van der Waals surface area contributed by atoms with Gasteiger partial charge in [0.15, 0.2) is 10.0 Å². The lowest BCUT2D eigenvalue weighted by Crippen LogP contribution is -2.15. The smallest absolute Gasteiger partial charge is 0.360 e. The van der Waals surface area contributed by atoms with Gasteiger partial charge in [-0.25, -0.2) is 9.78 Å². The molecule has 2 aromatic rings. The molecular weight excluding hydrogens is 354 g/mol. The highest BCUT2D eigenvalue weighted by atomic mass is 32.2. The average molecular weight is 368 g/mol. The number of nitrogens with one attached hydrogen (secondary N) is 1. The van der Waals surface area contributed by atoms with Crippen LogP contribution in [0.3, 0.4) is 0 Å². The van der Waals surface area contributed by atoms with Gasteiger partial charge in [0.1, 0.15) is 5.00 Å². The Morgan fingerprint density at radius 1 is 1.42 bits per heavy atom. The van der Waals surface area contributed by atoms with Crippen molar-refractivity contribution in [2.24, 2.45) is 0 Å². The molecule has 0 fully saturated rings. The maximum Gasteiger partial charge on any atom is 0.360 e. The van der Waals surface area contributed by atoms with Crippen LogP contribution in [0.1, 0.15) is 27.8 Å². The number of amides is 1. The average Bonchev–Trinajstić information content (AvgIpc) is 2.98. The number of aromatic nitrogens is 1. The lowest BCUT2D eigenvalue weighted by atomic mass is 10.2. The van der Waals surface area contributed by atoms with Gasteiger partial charge in [-0.05, 0) is 37.4 Å². The quantitative estimate of drug-likeness (QED) is 0.454. The SMILES string of the molecule is CCOC(=O)c1nc(SC)sc1NC(=O)c1ccc(N([O-])O)cc1. The standard InChI is InChI=1S/C14H14N3O5S2/c1-3-22-13(19)10-12(24-14(15-10)23-2)16-11(18)8-4-6-9(7-5-8)17(20)21/h4-7,20H,3H2,1-2H3,(H,16,18)/q-1. The Kier molecular flexibility index (Phi) is 6.15. The van der Waals surface area contributed by atoms with Crippen molar-refractivity contribution < 1.29 is 19.5 Å². The van der Waals surface area contributed by atoms with E-state index in [1.807, 2.05) is 6.26 Å². The second-order valence-electron chi connectivity index (χ2n) is 4.36. The van der Waals surface area contributed by atoms with Crippen LogP contribution in [0.2, 0.25) is 0 Å². The summed E-state index contributed by atoms with van der Waals surface area (Å²) >= 11 is 2.51. The van der Waals surface area contributed by atoms with Crippen molar-refractivity contribution in [2.45, 2.75) is 11.3 Å². The zero-order valence-corrected chi connectivity index (χ0v) is 14.4. The number of ether oxygens (including phenoxy) is 1. The number of thiazole rings is 1. The molecule has 0 radical (unpaired) electrons. The Hall–Kier alpha value is -2.14. The fourth-order valence-electron chi connectivity index (χ4n) is 1.73. The summed E-state index contributed by atoms with van der Waals surface area (Å²) < 4.78 is 5.55. The number of benzene rings is 1. The monoisotopic (exact) mass is 368 g/mol. The molecule has 0 spiro atoms. The summed E-state index contributed by atoms with van der Waals surface area (Å²) in [6.07, 6.45) is 1.81. The highest BCUT2D eigenvalue weighted by Gasteiger charge is 2.21. The fraction of sp³-hybridized carbons (Fsp3) is 0.214. The van der Waals surface area contributed by atoms with Crippen LogP contribution in [-0.2, 0) is 4.74 Å². The van der Waals surface area contributed by atoms with E-state index in [1.54, 1.807) is 6.92 Å². The van der Waals surface area contributed by atoms with Gasteiger partial charge in [-0.2, -0.15) is 0 Å². The van der Waals surface area contributed by atoms with E-state index in [2.05, 4.69) is 10.3 Å². The number of esters is 1. The number of nitrogens with zero attached hydrogens (tertiary/aromatic N) is 2. The number of anilines is 2. The topological polar surface area (TPSA) is 115 Å². The number of hydrogen-bond donors (Lipinski definition) is 2. The van der Waals surface area contributed by atoms with Crippen molar-refractivity contribution >= 4 is 45.7 Å². The molecule has 0 aliphatic heterocycles. The number of thioether (sulfide) groups is 1. The Morgan fingerprint density at radius 3 is 2.62 bits per heavy atom. The minimum absolute atomic E-state index is 0.00113. The minimum atomic E-state index is -0.609. The molecule has 8 nitrogen and oxygen atoms in total. The van der Waals surface area contributed by atoms with Crippen molar-refractivity contribution in [3.05, 3.63) is 40.7 Å². The number of rotatable bonds is 6. The highest BCUT2D eigenvalue weighted by molar-refractivity contribution is 8.00. The first-order valence-electron chi connectivity index (χ1n) is 6.75. The summed E-state index contributed by atoms with van der Waals surface area (Å²) in [6.45, 7) is 1.88. The lowest BCUT2D eigenvalue weighted by molar-refractivity contribution is 0.0521. The third kappa shape index (κ3) is 4.23. The predicted octanol–water partition coefficient (Wildman–Crippen LogP) is 2.99. The molecule has 0 saturated carbocycles. The van der Waals surface area contributed by atoms with Gasteiger partial charge in [0.25, 0.3) is 5.91 Å². The molecule has 1 aromatic heterocycles. The third-order valence-electron chi connectivity index (χ3n) is 2.83. The molecule has 0 saturated heterocycles. The fourth-order valence-corrected chi connectivity index (χ4v) is 3.17. The normalized spacial score (nSPS) is 10.3. The van der Waals surface area contributed by atoms with Crippen molar-refractivity contribution in [1.82, 2.24) is 4.98 Å². The predicted molar refractivity (Wildman–Crippen MR) is 91.9 cm³/mol. The van der Waals surface area contributed by atoms with Gasteiger partial charge < -0.3 is 20.5 Å². The minimum Gasteiger partial charge on any atom is -0.733 e. The molecule has 1 amide bonds. The first-order valence-corrected chi connectivity index (χ1v) is 8.79. The first kappa shape index (κ1) is 18.2. The lowest BCUT2D eigenvalue weighted by Gasteiger charge is -2.21. The molecule has 0 bridgehead atoms. The molecule has 10 heteroatoms. The van der Waals surface area contributed by atoms with Gasteiger partial charge in [-0.1, -0.05) is 23.1 Å². The Labute approximate surface area is 146 Å². The summed E-state index contributed by atoms with van der Waals surface area (Å²) in [5.41, 5.74) is 0.313.